The van der Waals surface area contributed by atoms with Gasteiger partial charge in [0.15, 0.2) is 9.84 Å². The van der Waals surface area contributed by atoms with Crippen molar-refractivity contribution in [1.82, 2.24) is 0 Å². The summed E-state index contributed by atoms with van der Waals surface area (Å²) in [5, 5.41) is 9.03. The van der Waals surface area contributed by atoms with Crippen LogP contribution in [0.4, 0.5) is 11.4 Å². The van der Waals surface area contributed by atoms with Crippen LogP contribution in [0, 0.1) is 0 Å². The zero-order chi connectivity index (χ0) is 14.0. The molecule has 1 heterocycles. The van der Waals surface area contributed by atoms with E-state index < -0.39 is 15.8 Å². The molecule has 0 amide bonds. The SMILES string of the molecule is Nc1ccc(N2CCCS(=O)(=O)CC2)cc1C(=O)O. The van der Waals surface area contributed by atoms with Gasteiger partial charge < -0.3 is 15.7 Å². The van der Waals surface area contributed by atoms with Crippen molar-refractivity contribution in [3.63, 3.8) is 0 Å². The molecule has 0 atom stereocenters. The topological polar surface area (TPSA) is 101 Å². The van der Waals surface area contributed by atoms with Crippen LogP contribution in [0.15, 0.2) is 18.2 Å². The van der Waals surface area contributed by atoms with E-state index in [-0.39, 0.29) is 22.8 Å². The van der Waals surface area contributed by atoms with Gasteiger partial charge in [-0.15, -0.1) is 0 Å². The summed E-state index contributed by atoms with van der Waals surface area (Å²) in [6.07, 6.45) is 0.551. The molecule has 0 radical (unpaired) electrons. The van der Waals surface area contributed by atoms with E-state index in [0.29, 0.717) is 25.2 Å². The molecular formula is C12H16N2O4S. The predicted molar refractivity (Wildman–Crippen MR) is 73.3 cm³/mol. The van der Waals surface area contributed by atoms with Gasteiger partial charge in [-0.2, -0.15) is 0 Å². The van der Waals surface area contributed by atoms with Crippen LogP contribution in [0.2, 0.25) is 0 Å². The predicted octanol–water partition coefficient (Wildman–Crippen LogP) is 0.592. The van der Waals surface area contributed by atoms with E-state index in [1.165, 1.54) is 12.1 Å². The summed E-state index contributed by atoms with van der Waals surface area (Å²) in [5.74, 6) is -0.800. The molecule has 0 aromatic heterocycles. The Morgan fingerprint density at radius 3 is 2.68 bits per heavy atom. The third kappa shape index (κ3) is 3.17. The van der Waals surface area contributed by atoms with Gasteiger partial charge in [-0.3, -0.25) is 0 Å². The van der Waals surface area contributed by atoms with Gasteiger partial charge in [0.25, 0.3) is 0 Å². The first-order valence-electron chi connectivity index (χ1n) is 5.97. The molecule has 0 bridgehead atoms. The van der Waals surface area contributed by atoms with E-state index in [1.807, 2.05) is 4.90 Å². The highest BCUT2D eigenvalue weighted by Gasteiger charge is 2.20. The molecule has 6 nitrogen and oxygen atoms in total. The molecule has 104 valence electrons. The van der Waals surface area contributed by atoms with Crippen LogP contribution in [0.1, 0.15) is 16.8 Å². The summed E-state index contributed by atoms with van der Waals surface area (Å²) in [4.78, 5) is 12.9. The first-order chi connectivity index (χ1) is 8.89. The number of carboxylic acid groups (broad SMARTS) is 1. The van der Waals surface area contributed by atoms with Crippen molar-refractivity contribution in [1.29, 1.82) is 0 Å². The van der Waals surface area contributed by atoms with E-state index in [4.69, 9.17) is 10.8 Å². The number of anilines is 2. The number of aromatic carboxylic acids is 1. The van der Waals surface area contributed by atoms with E-state index in [2.05, 4.69) is 0 Å². The molecule has 1 saturated heterocycles. The highest BCUT2D eigenvalue weighted by molar-refractivity contribution is 7.91. The van der Waals surface area contributed by atoms with Gasteiger partial charge in [0.2, 0.25) is 0 Å². The number of benzene rings is 1. The number of nitrogens with two attached hydrogens (primary N) is 1. The summed E-state index contributed by atoms with van der Waals surface area (Å²) in [7, 11) is -2.98. The van der Waals surface area contributed by atoms with Crippen molar-refractivity contribution < 1.29 is 18.3 Å². The molecule has 1 aromatic carbocycles. The third-order valence-electron chi connectivity index (χ3n) is 3.19. The maximum Gasteiger partial charge on any atom is 0.337 e. The van der Waals surface area contributed by atoms with Gasteiger partial charge in [-0.1, -0.05) is 0 Å². The minimum absolute atomic E-state index is 0.0459. The molecule has 0 aliphatic carbocycles. The zero-order valence-corrected chi connectivity index (χ0v) is 11.2. The minimum Gasteiger partial charge on any atom is -0.478 e. The molecule has 1 aliphatic heterocycles. The van der Waals surface area contributed by atoms with Crippen LogP contribution in [-0.2, 0) is 9.84 Å². The van der Waals surface area contributed by atoms with Crippen molar-refractivity contribution in [3.8, 4) is 0 Å². The average molecular weight is 284 g/mol. The van der Waals surface area contributed by atoms with Crippen LogP contribution in [0.5, 0.6) is 0 Å². The lowest BCUT2D eigenvalue weighted by Gasteiger charge is -2.22. The molecule has 0 unspecified atom stereocenters. The molecule has 1 aliphatic rings. The number of hydrogen-bond acceptors (Lipinski definition) is 5. The Kier molecular flexibility index (Phi) is 3.66. The van der Waals surface area contributed by atoms with Gasteiger partial charge >= 0.3 is 5.97 Å². The number of nitrogen functional groups attached to an aromatic ring is 1. The summed E-state index contributed by atoms with van der Waals surface area (Å²) in [5.41, 5.74) is 6.55. The van der Waals surface area contributed by atoms with E-state index in [1.54, 1.807) is 6.07 Å². The first kappa shape index (κ1) is 13.7. The average Bonchev–Trinajstić information content (AvgIpc) is 2.51. The zero-order valence-electron chi connectivity index (χ0n) is 10.4. The molecular weight excluding hydrogens is 268 g/mol. The van der Waals surface area contributed by atoms with Crippen LogP contribution in [0.25, 0.3) is 0 Å². The second-order valence-electron chi connectivity index (χ2n) is 4.57. The van der Waals surface area contributed by atoms with E-state index >= 15 is 0 Å². The molecule has 0 saturated carbocycles. The number of carbonyl (C=O) groups is 1. The van der Waals surface area contributed by atoms with Gasteiger partial charge in [0.1, 0.15) is 0 Å². The lowest BCUT2D eigenvalue weighted by atomic mass is 10.1. The van der Waals surface area contributed by atoms with E-state index in [0.717, 1.165) is 0 Å². The van der Waals surface area contributed by atoms with Gasteiger partial charge in [0.05, 0.1) is 17.1 Å². The second kappa shape index (κ2) is 5.08. The van der Waals surface area contributed by atoms with Crippen LogP contribution >= 0.6 is 0 Å². The Morgan fingerprint density at radius 2 is 2.00 bits per heavy atom. The Hall–Kier alpha value is -1.76. The van der Waals surface area contributed by atoms with Crippen molar-refractivity contribution in [2.45, 2.75) is 6.42 Å². The second-order valence-corrected chi connectivity index (χ2v) is 6.87. The highest BCUT2D eigenvalue weighted by Crippen LogP contribution is 2.22. The Labute approximate surface area is 111 Å². The Morgan fingerprint density at radius 1 is 1.26 bits per heavy atom. The number of nitrogens with zero attached hydrogens (tertiary/aromatic N) is 1. The maximum atomic E-state index is 11.5. The van der Waals surface area contributed by atoms with Crippen LogP contribution in [0.3, 0.4) is 0 Å². The first-order valence-corrected chi connectivity index (χ1v) is 7.79. The van der Waals surface area contributed by atoms with Crippen LogP contribution in [-0.4, -0.2) is 44.1 Å². The fourth-order valence-electron chi connectivity index (χ4n) is 2.12. The number of carboxylic acids is 1. The molecule has 0 spiro atoms. The molecule has 2 rings (SSSR count). The van der Waals surface area contributed by atoms with Gasteiger partial charge in [-0.05, 0) is 24.6 Å². The minimum atomic E-state index is -2.98. The fraction of sp³-hybridized carbons (Fsp3) is 0.417. The van der Waals surface area contributed by atoms with Crippen molar-refractivity contribution >= 4 is 27.2 Å². The monoisotopic (exact) mass is 284 g/mol. The standard InChI is InChI=1S/C12H16N2O4S/c13-11-3-2-9(8-10(11)12(15)16)14-4-1-6-19(17,18)7-5-14/h2-3,8H,1,4-7,13H2,(H,15,16). The van der Waals surface area contributed by atoms with E-state index in [9.17, 15) is 13.2 Å². The largest absolute Gasteiger partial charge is 0.478 e. The number of hydrogen-bond donors (Lipinski definition) is 2. The smallest absolute Gasteiger partial charge is 0.337 e. The van der Waals surface area contributed by atoms with Gasteiger partial charge in [-0.25, -0.2) is 13.2 Å². The summed E-state index contributed by atoms with van der Waals surface area (Å²) < 4.78 is 23.1. The molecule has 19 heavy (non-hydrogen) atoms. The van der Waals surface area contributed by atoms with Crippen molar-refractivity contribution in [3.05, 3.63) is 23.8 Å². The lowest BCUT2D eigenvalue weighted by Crippen LogP contribution is -2.27. The highest BCUT2D eigenvalue weighted by atomic mass is 32.2. The van der Waals surface area contributed by atoms with Crippen LogP contribution < -0.4 is 10.6 Å². The normalized spacial score (nSPS) is 18.8. The van der Waals surface area contributed by atoms with Crippen molar-refractivity contribution in [2.24, 2.45) is 0 Å². The molecule has 1 fully saturated rings. The summed E-state index contributed by atoms with van der Waals surface area (Å²) in [6, 6.07) is 4.76. The maximum absolute atomic E-state index is 11.5. The van der Waals surface area contributed by atoms with Gasteiger partial charge in [0, 0.05) is 24.5 Å². The number of rotatable bonds is 2. The molecule has 3 N–H and O–H groups in total. The molecule has 7 heteroatoms. The lowest BCUT2D eigenvalue weighted by molar-refractivity contribution is 0.0698. The van der Waals surface area contributed by atoms with Crippen molar-refractivity contribution in [2.75, 3.05) is 35.2 Å². The Bertz CT molecular complexity index is 598. The quantitative estimate of drug-likeness (QED) is 0.771. The Balaban J connectivity index is 2.27. The third-order valence-corrected chi connectivity index (χ3v) is 4.90. The fourth-order valence-corrected chi connectivity index (χ4v) is 3.39. The molecule has 1 aromatic rings. The summed E-state index contributed by atoms with van der Waals surface area (Å²) >= 11 is 0. The number of sulfone groups is 1. The summed E-state index contributed by atoms with van der Waals surface area (Å²) in [6.45, 7) is 0.980.